The molecule has 1 atom stereocenters. The quantitative estimate of drug-likeness (QED) is 0.486. The third-order valence-corrected chi connectivity index (χ3v) is 5.47. The molecule has 0 bridgehead atoms. The highest BCUT2D eigenvalue weighted by Gasteiger charge is 2.22. The molecule has 29 heavy (non-hydrogen) atoms. The Morgan fingerprint density at radius 2 is 1.86 bits per heavy atom. The summed E-state index contributed by atoms with van der Waals surface area (Å²) in [4.78, 5) is 4.83. The van der Waals surface area contributed by atoms with E-state index < -0.39 is 0 Å². The van der Waals surface area contributed by atoms with Crippen LogP contribution in [0.2, 0.25) is 0 Å². The van der Waals surface area contributed by atoms with Gasteiger partial charge >= 0.3 is 0 Å². The number of ether oxygens (including phenoxy) is 1. The van der Waals surface area contributed by atoms with Crippen molar-refractivity contribution in [1.29, 1.82) is 0 Å². The van der Waals surface area contributed by atoms with Crippen molar-refractivity contribution in [2.24, 2.45) is 0 Å². The predicted molar refractivity (Wildman–Crippen MR) is 113 cm³/mol. The van der Waals surface area contributed by atoms with Crippen molar-refractivity contribution in [1.82, 2.24) is 19.3 Å². The number of hydrogen-bond donors (Lipinski definition) is 0. The molecule has 2 aromatic heterocycles. The molecule has 0 spiro atoms. The molecule has 5 rings (SSSR count). The Balaban J connectivity index is 1.62. The Morgan fingerprint density at radius 1 is 1.00 bits per heavy atom. The summed E-state index contributed by atoms with van der Waals surface area (Å²) in [6.07, 6.45) is 8.27. The molecule has 0 N–H and O–H groups in total. The predicted octanol–water partition coefficient (Wildman–Crippen LogP) is 4.64. The van der Waals surface area contributed by atoms with Gasteiger partial charge < -0.3 is 9.30 Å². The van der Waals surface area contributed by atoms with Crippen molar-refractivity contribution in [2.75, 3.05) is 6.61 Å². The van der Waals surface area contributed by atoms with E-state index in [1.165, 1.54) is 11.1 Å². The van der Waals surface area contributed by atoms with Gasteiger partial charge in [0.1, 0.15) is 0 Å². The van der Waals surface area contributed by atoms with E-state index in [0.717, 1.165) is 49.5 Å². The van der Waals surface area contributed by atoms with Crippen molar-refractivity contribution in [2.45, 2.75) is 32.0 Å². The minimum atomic E-state index is 0.254. The van der Waals surface area contributed by atoms with Gasteiger partial charge in [0, 0.05) is 30.1 Å². The minimum Gasteiger partial charge on any atom is -0.376 e. The van der Waals surface area contributed by atoms with Crippen LogP contribution in [-0.4, -0.2) is 32.0 Å². The number of aromatic nitrogens is 4. The van der Waals surface area contributed by atoms with Crippen molar-refractivity contribution in [3.63, 3.8) is 0 Å². The lowest BCUT2D eigenvalue weighted by molar-refractivity contribution is 0.0973. The number of rotatable bonds is 6. The Bertz CT molecular complexity index is 1060. The Hall–Kier alpha value is -3.18. The first-order valence-corrected chi connectivity index (χ1v) is 10.2. The van der Waals surface area contributed by atoms with Gasteiger partial charge in [0.2, 0.25) is 0 Å². The SMILES string of the molecule is c1ccc(-c2ncn(C[C@@H]3CCCO3)c2-c2ccccc2Cn2cccn2)cc1. The van der Waals surface area contributed by atoms with Gasteiger partial charge in [-0.25, -0.2) is 4.98 Å². The van der Waals surface area contributed by atoms with Crippen LogP contribution in [0.5, 0.6) is 0 Å². The molecule has 0 unspecified atom stereocenters. The summed E-state index contributed by atoms with van der Waals surface area (Å²) in [7, 11) is 0. The van der Waals surface area contributed by atoms with Crippen LogP contribution in [0, 0.1) is 0 Å². The third kappa shape index (κ3) is 3.74. The van der Waals surface area contributed by atoms with E-state index in [1.807, 2.05) is 35.5 Å². The zero-order valence-electron chi connectivity index (χ0n) is 16.3. The summed E-state index contributed by atoms with van der Waals surface area (Å²) in [6.45, 7) is 2.41. The van der Waals surface area contributed by atoms with E-state index in [-0.39, 0.29) is 6.10 Å². The molecule has 3 heterocycles. The second-order valence-electron chi connectivity index (χ2n) is 7.46. The van der Waals surface area contributed by atoms with Crippen LogP contribution in [0.15, 0.2) is 79.4 Å². The second-order valence-corrected chi connectivity index (χ2v) is 7.46. The molecule has 1 saturated heterocycles. The molecule has 1 aliphatic rings. The molecule has 2 aromatic carbocycles. The van der Waals surface area contributed by atoms with Gasteiger partial charge in [-0.15, -0.1) is 0 Å². The number of nitrogens with zero attached hydrogens (tertiary/aromatic N) is 4. The number of imidazole rings is 1. The second kappa shape index (κ2) is 8.05. The van der Waals surface area contributed by atoms with Gasteiger partial charge in [-0.1, -0.05) is 54.6 Å². The van der Waals surface area contributed by atoms with Crippen LogP contribution in [0.25, 0.3) is 22.5 Å². The smallest absolute Gasteiger partial charge is 0.0963 e. The van der Waals surface area contributed by atoms with E-state index in [9.17, 15) is 0 Å². The normalized spacial score (nSPS) is 16.3. The summed E-state index contributed by atoms with van der Waals surface area (Å²) in [5, 5.41) is 4.39. The fourth-order valence-corrected chi connectivity index (χ4v) is 4.08. The maximum atomic E-state index is 5.92. The molecule has 4 aromatic rings. The minimum absolute atomic E-state index is 0.254. The molecular weight excluding hydrogens is 360 g/mol. The monoisotopic (exact) mass is 384 g/mol. The largest absolute Gasteiger partial charge is 0.376 e. The zero-order valence-corrected chi connectivity index (χ0v) is 16.3. The van der Waals surface area contributed by atoms with Crippen LogP contribution < -0.4 is 0 Å². The molecular formula is C24H24N4O. The first-order chi connectivity index (χ1) is 14.4. The summed E-state index contributed by atoms with van der Waals surface area (Å²) < 4.78 is 10.1. The molecule has 0 radical (unpaired) electrons. The van der Waals surface area contributed by atoms with Crippen molar-refractivity contribution < 1.29 is 4.74 Å². The number of benzene rings is 2. The topological polar surface area (TPSA) is 44.9 Å². The average Bonchev–Trinajstić information content (AvgIpc) is 3.52. The molecule has 1 fully saturated rings. The molecule has 0 saturated carbocycles. The van der Waals surface area contributed by atoms with Gasteiger partial charge in [0.25, 0.3) is 0 Å². The molecule has 0 aliphatic carbocycles. The van der Waals surface area contributed by atoms with E-state index >= 15 is 0 Å². The van der Waals surface area contributed by atoms with Crippen LogP contribution in [-0.2, 0) is 17.8 Å². The lowest BCUT2D eigenvalue weighted by Gasteiger charge is -2.17. The fraction of sp³-hybridized carbons (Fsp3) is 0.250. The Kier molecular flexibility index (Phi) is 4.97. The van der Waals surface area contributed by atoms with Crippen molar-refractivity contribution in [3.8, 4) is 22.5 Å². The average molecular weight is 384 g/mol. The Labute approximate surface area is 170 Å². The van der Waals surface area contributed by atoms with E-state index in [4.69, 9.17) is 9.72 Å². The molecule has 1 aliphatic heterocycles. The van der Waals surface area contributed by atoms with Gasteiger partial charge in [0.05, 0.1) is 36.9 Å². The van der Waals surface area contributed by atoms with Crippen LogP contribution in [0.1, 0.15) is 18.4 Å². The highest BCUT2D eigenvalue weighted by molar-refractivity contribution is 5.80. The third-order valence-electron chi connectivity index (χ3n) is 5.47. The van der Waals surface area contributed by atoms with E-state index in [1.54, 1.807) is 0 Å². The van der Waals surface area contributed by atoms with E-state index in [2.05, 4.69) is 58.2 Å². The zero-order chi connectivity index (χ0) is 19.5. The first kappa shape index (κ1) is 17.9. The lowest BCUT2D eigenvalue weighted by atomic mass is 9.99. The van der Waals surface area contributed by atoms with Gasteiger partial charge in [-0.05, 0) is 24.5 Å². The van der Waals surface area contributed by atoms with Gasteiger partial charge in [-0.3, -0.25) is 4.68 Å². The first-order valence-electron chi connectivity index (χ1n) is 10.2. The summed E-state index contributed by atoms with van der Waals surface area (Å²) in [5.41, 5.74) is 5.70. The van der Waals surface area contributed by atoms with Gasteiger partial charge in [0.15, 0.2) is 0 Å². The highest BCUT2D eigenvalue weighted by atomic mass is 16.5. The number of hydrogen-bond acceptors (Lipinski definition) is 3. The Morgan fingerprint density at radius 3 is 2.66 bits per heavy atom. The molecule has 0 amide bonds. The maximum absolute atomic E-state index is 5.92. The fourth-order valence-electron chi connectivity index (χ4n) is 4.08. The summed E-state index contributed by atoms with van der Waals surface area (Å²) in [5.74, 6) is 0. The van der Waals surface area contributed by atoms with Crippen LogP contribution in [0.3, 0.4) is 0 Å². The highest BCUT2D eigenvalue weighted by Crippen LogP contribution is 2.34. The maximum Gasteiger partial charge on any atom is 0.0963 e. The molecule has 146 valence electrons. The van der Waals surface area contributed by atoms with Crippen molar-refractivity contribution in [3.05, 3.63) is 84.9 Å². The molecule has 5 heteroatoms. The van der Waals surface area contributed by atoms with Crippen LogP contribution in [0.4, 0.5) is 0 Å². The summed E-state index contributed by atoms with van der Waals surface area (Å²) >= 11 is 0. The van der Waals surface area contributed by atoms with Crippen molar-refractivity contribution >= 4 is 0 Å². The van der Waals surface area contributed by atoms with E-state index in [0.29, 0.717) is 0 Å². The van der Waals surface area contributed by atoms with Crippen LogP contribution >= 0.6 is 0 Å². The standard InChI is InChI=1S/C24H24N4O/c1-2-8-19(9-3-1)23-24(27(18-25-23)17-21-11-6-15-29-21)22-12-5-4-10-20(22)16-28-14-7-13-26-28/h1-5,7-10,12-14,18,21H,6,11,15-17H2/t21-/m0/s1. The lowest BCUT2D eigenvalue weighted by Crippen LogP contribution is -2.15. The van der Waals surface area contributed by atoms with Gasteiger partial charge in [-0.2, -0.15) is 5.10 Å². The molecule has 5 nitrogen and oxygen atoms in total. The summed E-state index contributed by atoms with van der Waals surface area (Å²) in [6, 6.07) is 20.9.